The van der Waals surface area contributed by atoms with Crippen molar-refractivity contribution in [1.29, 1.82) is 5.26 Å². The maximum atomic E-state index is 9.90. The summed E-state index contributed by atoms with van der Waals surface area (Å²) in [5, 5.41) is 11.8. The summed E-state index contributed by atoms with van der Waals surface area (Å²) in [6, 6.07) is 25.3. The lowest BCUT2D eigenvalue weighted by Gasteiger charge is -2.11. The summed E-state index contributed by atoms with van der Waals surface area (Å²) >= 11 is 0. The molecule has 0 aliphatic rings. The van der Waals surface area contributed by atoms with Crippen molar-refractivity contribution < 1.29 is 8.98 Å². The second-order valence-electron chi connectivity index (χ2n) is 9.11. The fraction of sp³-hybridized carbons (Fsp3) is 0.200. The molecule has 0 unspecified atom stereocenters. The van der Waals surface area contributed by atoms with Gasteiger partial charge in [-0.1, -0.05) is 56.3 Å². The molecule has 0 fully saturated rings. The van der Waals surface area contributed by atoms with E-state index >= 15 is 0 Å². The van der Waals surface area contributed by atoms with Gasteiger partial charge in [0.2, 0.25) is 5.69 Å². The number of pyridine rings is 1. The van der Waals surface area contributed by atoms with Gasteiger partial charge >= 0.3 is 0 Å². The summed E-state index contributed by atoms with van der Waals surface area (Å²) in [4.78, 5) is 0. The summed E-state index contributed by atoms with van der Waals surface area (Å²) in [5.74, 6) is 0.425. The second-order valence-corrected chi connectivity index (χ2v) is 9.11. The molecule has 5 rings (SSSR count). The van der Waals surface area contributed by atoms with Crippen LogP contribution in [0.25, 0.3) is 44.3 Å². The predicted octanol–water partition coefficient (Wildman–Crippen LogP) is 7.36. The summed E-state index contributed by atoms with van der Waals surface area (Å²) in [7, 11) is 2.10. The van der Waals surface area contributed by atoms with Crippen molar-refractivity contribution in [2.24, 2.45) is 7.05 Å². The van der Waals surface area contributed by atoms with Crippen molar-refractivity contribution in [1.82, 2.24) is 0 Å². The van der Waals surface area contributed by atoms with Gasteiger partial charge in [-0.15, -0.1) is 0 Å². The van der Waals surface area contributed by atoms with E-state index in [2.05, 4.69) is 81.8 Å². The van der Waals surface area contributed by atoms with Crippen LogP contribution in [-0.2, 0) is 7.05 Å². The van der Waals surface area contributed by atoms with Crippen LogP contribution in [0.3, 0.4) is 0 Å². The number of aryl methyl sites for hydroxylation is 2. The van der Waals surface area contributed by atoms with E-state index in [1.807, 2.05) is 30.3 Å². The first-order valence-corrected chi connectivity index (χ1v) is 11.4. The number of hydrogen-bond donors (Lipinski definition) is 0. The van der Waals surface area contributed by atoms with Crippen molar-refractivity contribution in [2.75, 3.05) is 0 Å². The van der Waals surface area contributed by atoms with Crippen LogP contribution in [0.5, 0.6) is 0 Å². The fourth-order valence-corrected chi connectivity index (χ4v) is 4.70. The van der Waals surface area contributed by atoms with Gasteiger partial charge in [-0.2, -0.15) is 9.83 Å². The molecule has 3 aromatic carbocycles. The van der Waals surface area contributed by atoms with Crippen LogP contribution in [-0.4, -0.2) is 0 Å². The molecule has 0 aliphatic carbocycles. The van der Waals surface area contributed by atoms with Crippen molar-refractivity contribution in [2.45, 2.75) is 33.6 Å². The minimum absolute atomic E-state index is 0.425. The number of nitrogens with zero attached hydrogens (tertiary/aromatic N) is 2. The Morgan fingerprint density at radius 3 is 2.36 bits per heavy atom. The van der Waals surface area contributed by atoms with E-state index in [4.69, 9.17) is 4.42 Å². The molecule has 2 heterocycles. The summed E-state index contributed by atoms with van der Waals surface area (Å²) in [6.45, 7) is 8.71. The lowest BCUT2D eigenvalue weighted by molar-refractivity contribution is -0.666. The Balaban J connectivity index is 1.93. The monoisotopic (exact) mass is 431 g/mol. The zero-order valence-corrected chi connectivity index (χ0v) is 19.7. The van der Waals surface area contributed by atoms with Gasteiger partial charge < -0.3 is 4.42 Å². The van der Waals surface area contributed by atoms with Gasteiger partial charge in [0.1, 0.15) is 18.2 Å². The van der Waals surface area contributed by atoms with Gasteiger partial charge in [0, 0.05) is 35.4 Å². The fourth-order valence-electron chi connectivity index (χ4n) is 4.70. The minimum atomic E-state index is 0.425. The van der Waals surface area contributed by atoms with E-state index in [9.17, 15) is 5.26 Å². The van der Waals surface area contributed by atoms with Gasteiger partial charge in [0.15, 0.2) is 5.69 Å². The van der Waals surface area contributed by atoms with E-state index in [1.165, 1.54) is 11.3 Å². The number of fused-ring (bicyclic) bond motifs is 3. The highest BCUT2D eigenvalue weighted by molar-refractivity contribution is 6.15. The number of benzene rings is 3. The molecule has 5 aromatic rings. The maximum Gasteiger partial charge on any atom is 0.216 e. The molecule has 3 heteroatoms. The zero-order chi connectivity index (χ0) is 23.3. The van der Waals surface area contributed by atoms with Gasteiger partial charge in [-0.25, -0.2) is 0 Å². The van der Waals surface area contributed by atoms with Crippen molar-refractivity contribution in [3.8, 4) is 28.5 Å². The minimum Gasteiger partial charge on any atom is -0.454 e. The SMILES string of the molecule is Cc1ccc2c(oc3c(-c4ccccc4)ccc(C#N)c32)c1-c1cc(C(C)C)cc(C)[n+]1C. The molecule has 162 valence electrons. The van der Waals surface area contributed by atoms with Crippen LogP contribution in [0.15, 0.2) is 71.1 Å². The Bertz CT molecular complexity index is 1570. The van der Waals surface area contributed by atoms with Crippen LogP contribution >= 0.6 is 0 Å². The topological polar surface area (TPSA) is 40.8 Å². The average Bonchev–Trinajstić information content (AvgIpc) is 3.20. The van der Waals surface area contributed by atoms with Crippen molar-refractivity contribution in [3.63, 3.8) is 0 Å². The number of aromatic nitrogens is 1. The zero-order valence-electron chi connectivity index (χ0n) is 19.7. The van der Waals surface area contributed by atoms with Gasteiger partial charge in [-0.05, 0) is 41.7 Å². The van der Waals surface area contributed by atoms with Crippen LogP contribution in [0, 0.1) is 25.2 Å². The Kier molecular flexibility index (Phi) is 5.02. The molecule has 0 bridgehead atoms. The highest BCUT2D eigenvalue weighted by Crippen LogP contribution is 2.42. The normalized spacial score (nSPS) is 11.4. The molecule has 0 saturated heterocycles. The lowest BCUT2D eigenvalue weighted by atomic mass is 9.95. The maximum absolute atomic E-state index is 9.90. The standard InChI is InChI=1S/C30H27N2O/c1-18(2)23-15-20(4)32(5)26(16-23)27-19(3)11-13-25-28-22(17-31)12-14-24(29(28)33-30(25)27)21-9-7-6-8-10-21/h6-16,18H,1-5H3/q+1. The second kappa shape index (κ2) is 7.90. The highest BCUT2D eigenvalue weighted by atomic mass is 16.3. The van der Waals surface area contributed by atoms with Gasteiger partial charge in [0.05, 0.1) is 17.2 Å². The van der Waals surface area contributed by atoms with Crippen molar-refractivity contribution >= 4 is 21.9 Å². The number of nitriles is 1. The van der Waals surface area contributed by atoms with E-state index < -0.39 is 0 Å². The molecule has 2 aromatic heterocycles. The quantitative estimate of drug-likeness (QED) is 0.280. The summed E-state index contributed by atoms with van der Waals surface area (Å²) < 4.78 is 8.90. The molecule has 0 aliphatic heterocycles. The first kappa shape index (κ1) is 21.0. The largest absolute Gasteiger partial charge is 0.454 e. The Labute approximate surface area is 194 Å². The smallest absolute Gasteiger partial charge is 0.216 e. The Morgan fingerprint density at radius 2 is 1.67 bits per heavy atom. The molecule has 0 saturated carbocycles. The molecular formula is C30H27N2O+. The van der Waals surface area contributed by atoms with Crippen LogP contribution < -0.4 is 4.57 Å². The van der Waals surface area contributed by atoms with E-state index in [0.29, 0.717) is 11.5 Å². The predicted molar refractivity (Wildman–Crippen MR) is 134 cm³/mol. The van der Waals surface area contributed by atoms with Crippen LogP contribution in [0.1, 0.15) is 42.1 Å². The third kappa shape index (κ3) is 3.31. The van der Waals surface area contributed by atoms with Gasteiger partial charge in [0.25, 0.3) is 0 Å². The van der Waals surface area contributed by atoms with E-state index in [0.717, 1.165) is 49.9 Å². The molecule has 33 heavy (non-hydrogen) atoms. The number of furan rings is 1. The first-order chi connectivity index (χ1) is 15.9. The molecular weight excluding hydrogens is 404 g/mol. The van der Waals surface area contributed by atoms with Crippen LogP contribution in [0.2, 0.25) is 0 Å². The molecule has 0 radical (unpaired) electrons. The van der Waals surface area contributed by atoms with E-state index in [-0.39, 0.29) is 0 Å². The molecule has 0 atom stereocenters. The molecule has 0 N–H and O–H groups in total. The molecule has 3 nitrogen and oxygen atoms in total. The van der Waals surface area contributed by atoms with E-state index in [1.54, 1.807) is 0 Å². The summed E-state index contributed by atoms with van der Waals surface area (Å²) in [6.07, 6.45) is 0. The molecule has 0 spiro atoms. The highest BCUT2D eigenvalue weighted by Gasteiger charge is 2.25. The molecule has 0 amide bonds. The summed E-state index contributed by atoms with van der Waals surface area (Å²) in [5.41, 5.74) is 10.2. The van der Waals surface area contributed by atoms with Gasteiger partial charge in [-0.3, -0.25) is 0 Å². The van der Waals surface area contributed by atoms with Crippen molar-refractivity contribution in [3.05, 3.63) is 89.1 Å². The lowest BCUT2D eigenvalue weighted by Crippen LogP contribution is -2.35. The Hall–Kier alpha value is -3.90. The average molecular weight is 432 g/mol. The third-order valence-corrected chi connectivity index (χ3v) is 6.69. The number of hydrogen-bond acceptors (Lipinski definition) is 2. The van der Waals surface area contributed by atoms with Crippen LogP contribution in [0.4, 0.5) is 0 Å². The Morgan fingerprint density at radius 1 is 0.909 bits per heavy atom. The number of rotatable bonds is 3. The third-order valence-electron chi connectivity index (χ3n) is 6.69. The first-order valence-electron chi connectivity index (χ1n) is 11.4.